The molecule has 1 saturated carbocycles. The maximum atomic E-state index is 12.7. The molecule has 2 aromatic carbocycles. The van der Waals surface area contributed by atoms with Crippen molar-refractivity contribution < 1.29 is 24.2 Å². The second kappa shape index (κ2) is 11.4. The van der Waals surface area contributed by atoms with Gasteiger partial charge in [0.15, 0.2) is 0 Å². The Kier molecular flexibility index (Phi) is 8.06. The van der Waals surface area contributed by atoms with E-state index in [0.717, 1.165) is 36.8 Å². The number of alkyl carbamates (subject to hydrolysis) is 1. The molecule has 4 rings (SSSR count). The van der Waals surface area contributed by atoms with E-state index in [4.69, 9.17) is 4.74 Å². The van der Waals surface area contributed by atoms with Crippen LogP contribution in [0.3, 0.4) is 0 Å². The van der Waals surface area contributed by atoms with Crippen LogP contribution in [0.1, 0.15) is 68.9 Å². The molecule has 2 amide bonds. The van der Waals surface area contributed by atoms with Gasteiger partial charge in [0, 0.05) is 17.9 Å². The minimum absolute atomic E-state index is 0.00546. The highest BCUT2D eigenvalue weighted by molar-refractivity contribution is 5.85. The number of hydrogen-bond donors (Lipinski definition) is 3. The van der Waals surface area contributed by atoms with Crippen molar-refractivity contribution >= 4 is 18.0 Å². The molecule has 35 heavy (non-hydrogen) atoms. The molecule has 3 atom stereocenters. The first kappa shape index (κ1) is 24.8. The van der Waals surface area contributed by atoms with Crippen LogP contribution in [0.5, 0.6) is 0 Å². The zero-order valence-corrected chi connectivity index (χ0v) is 20.2. The van der Waals surface area contributed by atoms with E-state index < -0.39 is 18.1 Å². The minimum Gasteiger partial charge on any atom is -0.480 e. The standard InChI is InChI=1S/C28H34N2O5/c1-2-3-15-25(27(32)33)30-26(31)18-9-8-10-19(16-18)29-28(34)35-17-24-22-13-6-4-11-20(22)21-12-5-7-14-23(21)24/h4-7,11-14,18-19,24-25H,2-3,8-10,15-17H2,1H3,(H,29,34)(H,30,31)(H,32,33)/t18-,19+,25?/m1/s1. The largest absolute Gasteiger partial charge is 0.480 e. The van der Waals surface area contributed by atoms with Crippen LogP contribution in [0, 0.1) is 5.92 Å². The molecule has 2 aliphatic rings. The van der Waals surface area contributed by atoms with Gasteiger partial charge >= 0.3 is 12.1 Å². The van der Waals surface area contributed by atoms with Crippen molar-refractivity contribution in [2.75, 3.05) is 6.61 Å². The van der Waals surface area contributed by atoms with Gasteiger partial charge in [0.2, 0.25) is 5.91 Å². The van der Waals surface area contributed by atoms with E-state index in [1.54, 1.807) is 0 Å². The monoisotopic (exact) mass is 478 g/mol. The first-order chi connectivity index (χ1) is 17.0. The van der Waals surface area contributed by atoms with Crippen molar-refractivity contribution in [2.45, 2.75) is 69.9 Å². The predicted molar refractivity (Wildman–Crippen MR) is 133 cm³/mol. The number of unbranched alkanes of at least 4 members (excludes halogenated alkanes) is 1. The fourth-order valence-electron chi connectivity index (χ4n) is 5.32. The van der Waals surface area contributed by atoms with Gasteiger partial charge in [0.25, 0.3) is 0 Å². The Morgan fingerprint density at radius 2 is 1.69 bits per heavy atom. The van der Waals surface area contributed by atoms with Crippen LogP contribution < -0.4 is 10.6 Å². The van der Waals surface area contributed by atoms with Gasteiger partial charge in [-0.15, -0.1) is 0 Å². The van der Waals surface area contributed by atoms with E-state index >= 15 is 0 Å². The number of amides is 2. The van der Waals surface area contributed by atoms with E-state index in [2.05, 4.69) is 34.9 Å². The maximum absolute atomic E-state index is 12.7. The topological polar surface area (TPSA) is 105 Å². The van der Waals surface area contributed by atoms with E-state index in [0.29, 0.717) is 19.3 Å². The highest BCUT2D eigenvalue weighted by Crippen LogP contribution is 2.44. The number of carboxylic acids is 1. The average Bonchev–Trinajstić information content (AvgIpc) is 3.19. The van der Waals surface area contributed by atoms with Crippen molar-refractivity contribution in [2.24, 2.45) is 5.92 Å². The molecule has 0 aliphatic heterocycles. The van der Waals surface area contributed by atoms with Gasteiger partial charge in [-0.1, -0.05) is 74.7 Å². The Bertz CT molecular complexity index is 1020. The fourth-order valence-corrected chi connectivity index (χ4v) is 5.32. The van der Waals surface area contributed by atoms with Gasteiger partial charge in [-0.2, -0.15) is 0 Å². The molecule has 0 heterocycles. The molecule has 0 saturated heterocycles. The van der Waals surface area contributed by atoms with Crippen LogP contribution in [-0.4, -0.2) is 41.8 Å². The van der Waals surface area contributed by atoms with Crippen LogP contribution >= 0.6 is 0 Å². The third-order valence-electron chi connectivity index (χ3n) is 7.17. The molecule has 0 bridgehead atoms. The lowest BCUT2D eigenvalue weighted by molar-refractivity contribution is -0.143. The van der Waals surface area contributed by atoms with Crippen molar-refractivity contribution in [1.82, 2.24) is 10.6 Å². The molecule has 7 nitrogen and oxygen atoms in total. The molecule has 0 aromatic heterocycles. The van der Waals surface area contributed by atoms with E-state index in [-0.39, 0.29) is 30.4 Å². The summed E-state index contributed by atoms with van der Waals surface area (Å²) < 4.78 is 5.65. The van der Waals surface area contributed by atoms with Crippen LogP contribution in [0.25, 0.3) is 11.1 Å². The van der Waals surface area contributed by atoms with Crippen LogP contribution in [0.2, 0.25) is 0 Å². The number of carboxylic acid groups (broad SMARTS) is 1. The molecule has 1 unspecified atom stereocenters. The lowest BCUT2D eigenvalue weighted by atomic mass is 9.85. The summed E-state index contributed by atoms with van der Waals surface area (Å²) in [5.74, 6) is -1.57. The van der Waals surface area contributed by atoms with E-state index in [1.807, 2.05) is 31.2 Å². The highest BCUT2D eigenvalue weighted by Gasteiger charge is 2.32. The highest BCUT2D eigenvalue weighted by atomic mass is 16.5. The van der Waals surface area contributed by atoms with Crippen molar-refractivity contribution in [1.29, 1.82) is 0 Å². The van der Waals surface area contributed by atoms with Gasteiger partial charge < -0.3 is 20.5 Å². The van der Waals surface area contributed by atoms with E-state index in [1.165, 1.54) is 11.1 Å². The summed E-state index contributed by atoms with van der Waals surface area (Å²) in [5, 5.41) is 15.0. The van der Waals surface area contributed by atoms with Gasteiger partial charge in [-0.3, -0.25) is 4.79 Å². The maximum Gasteiger partial charge on any atom is 0.407 e. The van der Waals surface area contributed by atoms with Crippen molar-refractivity contribution in [3.8, 4) is 11.1 Å². The zero-order valence-electron chi connectivity index (χ0n) is 20.2. The normalized spacial score (nSPS) is 19.8. The number of aliphatic carboxylic acids is 1. The Morgan fingerprint density at radius 3 is 2.31 bits per heavy atom. The number of rotatable bonds is 9. The predicted octanol–water partition coefficient (Wildman–Crippen LogP) is 4.84. The number of hydrogen-bond acceptors (Lipinski definition) is 4. The molecule has 3 N–H and O–H groups in total. The van der Waals surface area contributed by atoms with Crippen LogP contribution in [0.15, 0.2) is 48.5 Å². The number of ether oxygens (including phenoxy) is 1. The first-order valence-corrected chi connectivity index (χ1v) is 12.6. The molecule has 186 valence electrons. The zero-order chi connectivity index (χ0) is 24.8. The molecular formula is C28H34N2O5. The summed E-state index contributed by atoms with van der Waals surface area (Å²) >= 11 is 0. The van der Waals surface area contributed by atoms with E-state index in [9.17, 15) is 19.5 Å². The second-order valence-corrected chi connectivity index (χ2v) is 9.57. The lowest BCUT2D eigenvalue weighted by Gasteiger charge is -2.29. The number of nitrogens with one attached hydrogen (secondary N) is 2. The number of fused-ring (bicyclic) bond motifs is 3. The third-order valence-corrected chi connectivity index (χ3v) is 7.17. The molecule has 0 radical (unpaired) electrons. The molecule has 0 spiro atoms. The van der Waals surface area contributed by atoms with Gasteiger partial charge in [-0.05, 0) is 47.9 Å². The Balaban J connectivity index is 1.30. The molecule has 1 fully saturated rings. The summed E-state index contributed by atoms with van der Waals surface area (Å²) in [6.45, 7) is 2.23. The van der Waals surface area contributed by atoms with Crippen LogP contribution in [0.4, 0.5) is 4.79 Å². The Hall–Kier alpha value is -3.35. The summed E-state index contributed by atoms with van der Waals surface area (Å²) in [4.78, 5) is 36.8. The Labute approximate surface area is 206 Å². The van der Waals surface area contributed by atoms with Crippen LogP contribution in [-0.2, 0) is 14.3 Å². The Morgan fingerprint density at radius 1 is 1.03 bits per heavy atom. The van der Waals surface area contributed by atoms with Crippen molar-refractivity contribution in [3.63, 3.8) is 0 Å². The smallest absolute Gasteiger partial charge is 0.407 e. The molecular weight excluding hydrogens is 444 g/mol. The molecule has 2 aromatic rings. The lowest BCUT2D eigenvalue weighted by Crippen LogP contribution is -2.47. The summed E-state index contributed by atoms with van der Waals surface area (Å²) in [5.41, 5.74) is 4.67. The summed E-state index contributed by atoms with van der Waals surface area (Å²) in [7, 11) is 0. The summed E-state index contributed by atoms with van der Waals surface area (Å²) in [6, 6.07) is 15.4. The average molecular weight is 479 g/mol. The number of carbonyl (C=O) groups is 3. The first-order valence-electron chi connectivity index (χ1n) is 12.6. The molecule has 2 aliphatic carbocycles. The number of carbonyl (C=O) groups excluding carboxylic acids is 2. The SMILES string of the molecule is CCCCC(NC(=O)[C@@H]1CCC[C@H](NC(=O)OCC2c3ccccc3-c3ccccc32)C1)C(=O)O. The minimum atomic E-state index is -1.00. The third kappa shape index (κ3) is 5.84. The van der Waals surface area contributed by atoms with Gasteiger partial charge in [0.1, 0.15) is 12.6 Å². The fraction of sp³-hybridized carbons (Fsp3) is 0.464. The molecule has 7 heteroatoms. The quantitative estimate of drug-likeness (QED) is 0.478. The van der Waals surface area contributed by atoms with Gasteiger partial charge in [0.05, 0.1) is 0 Å². The summed E-state index contributed by atoms with van der Waals surface area (Å²) in [6.07, 6.45) is 4.29. The van der Waals surface area contributed by atoms with Crippen molar-refractivity contribution in [3.05, 3.63) is 59.7 Å². The number of benzene rings is 2. The second-order valence-electron chi connectivity index (χ2n) is 9.57. The van der Waals surface area contributed by atoms with Gasteiger partial charge in [-0.25, -0.2) is 9.59 Å².